The smallest absolute Gasteiger partial charge is 0.280 e. The van der Waals surface area contributed by atoms with Gasteiger partial charge in [-0.15, -0.1) is 0 Å². The summed E-state index contributed by atoms with van der Waals surface area (Å²) in [4.78, 5) is 15.7. The van der Waals surface area contributed by atoms with Crippen molar-refractivity contribution in [1.29, 1.82) is 0 Å². The van der Waals surface area contributed by atoms with E-state index < -0.39 is 0 Å². The molecule has 6 heteroatoms. The van der Waals surface area contributed by atoms with Gasteiger partial charge in [0.05, 0.1) is 22.4 Å². The number of hydrazone groups is 1. The van der Waals surface area contributed by atoms with Gasteiger partial charge in [-0.05, 0) is 6.92 Å². The Hall–Kier alpha value is -1.17. The van der Waals surface area contributed by atoms with Crippen molar-refractivity contribution in [1.82, 2.24) is 5.01 Å². The molecule has 14 heavy (non-hydrogen) atoms. The van der Waals surface area contributed by atoms with Crippen molar-refractivity contribution in [3.63, 3.8) is 0 Å². The molecule has 0 aromatic rings. The largest absolute Gasteiger partial charge is 0.515 e. The summed E-state index contributed by atoms with van der Waals surface area (Å²) in [6.45, 7) is 1.82. The maximum Gasteiger partial charge on any atom is 0.280 e. The van der Waals surface area contributed by atoms with Crippen molar-refractivity contribution in [3.05, 3.63) is 11.8 Å². The van der Waals surface area contributed by atoms with Crippen molar-refractivity contribution < 1.29 is 9.90 Å². The van der Waals surface area contributed by atoms with Gasteiger partial charge in [0, 0.05) is 6.21 Å². The average molecular weight is 258 g/mol. The first-order valence-electron chi connectivity index (χ1n) is 4.05. The number of aliphatic imine (C=N–C) groups is 1. The number of halogens is 1. The fourth-order valence-electron chi connectivity index (χ4n) is 1.36. The first-order valence-corrected chi connectivity index (χ1v) is 4.97. The molecule has 1 amide bonds. The number of aliphatic hydroxyl groups excluding tert-OH is 1. The van der Waals surface area contributed by atoms with Gasteiger partial charge in [-0.2, -0.15) is 5.10 Å². The molecular weight excluding hydrogens is 250 g/mol. The van der Waals surface area contributed by atoms with E-state index in [1.807, 2.05) is 6.92 Å². The molecule has 0 bridgehead atoms. The molecule has 0 spiro atoms. The zero-order valence-corrected chi connectivity index (χ0v) is 8.97. The molecule has 0 saturated heterocycles. The SMILES string of the molecule is CC1=NN2C(=O)C(=CO)C=NC2C1Br. The number of hydrogen-bond acceptors (Lipinski definition) is 4. The summed E-state index contributed by atoms with van der Waals surface area (Å²) < 4.78 is 0. The second-order valence-corrected chi connectivity index (χ2v) is 4.06. The minimum absolute atomic E-state index is 0.0389. The highest BCUT2D eigenvalue weighted by atomic mass is 79.9. The van der Waals surface area contributed by atoms with Gasteiger partial charge in [0.2, 0.25) is 0 Å². The quantitative estimate of drug-likeness (QED) is 0.397. The number of alkyl halides is 1. The van der Waals surface area contributed by atoms with E-state index in [2.05, 4.69) is 26.0 Å². The summed E-state index contributed by atoms with van der Waals surface area (Å²) in [5, 5.41) is 14.1. The number of hydrogen-bond donors (Lipinski definition) is 1. The molecule has 5 nitrogen and oxygen atoms in total. The molecule has 0 aromatic heterocycles. The van der Waals surface area contributed by atoms with E-state index in [1.54, 1.807) is 0 Å². The van der Waals surface area contributed by atoms with Crippen LogP contribution in [-0.4, -0.2) is 38.9 Å². The van der Waals surface area contributed by atoms with Gasteiger partial charge >= 0.3 is 0 Å². The van der Waals surface area contributed by atoms with Crippen LogP contribution in [0.2, 0.25) is 0 Å². The Morgan fingerprint density at radius 2 is 2.43 bits per heavy atom. The molecule has 0 saturated carbocycles. The highest BCUT2D eigenvalue weighted by molar-refractivity contribution is 9.10. The number of carbonyl (C=O) groups is 1. The lowest BCUT2D eigenvalue weighted by atomic mass is 10.2. The molecule has 2 rings (SSSR count). The molecule has 0 radical (unpaired) electrons. The van der Waals surface area contributed by atoms with Gasteiger partial charge in [-0.25, -0.2) is 5.01 Å². The van der Waals surface area contributed by atoms with E-state index in [0.717, 1.165) is 12.0 Å². The third kappa shape index (κ3) is 1.18. The maximum absolute atomic E-state index is 11.6. The van der Waals surface area contributed by atoms with Gasteiger partial charge in [-0.3, -0.25) is 9.79 Å². The summed E-state index contributed by atoms with van der Waals surface area (Å²) in [5.41, 5.74) is 0.957. The summed E-state index contributed by atoms with van der Waals surface area (Å²) >= 11 is 3.39. The number of rotatable bonds is 0. The lowest BCUT2D eigenvalue weighted by molar-refractivity contribution is -0.128. The van der Waals surface area contributed by atoms with Crippen LogP contribution >= 0.6 is 15.9 Å². The van der Waals surface area contributed by atoms with Gasteiger partial charge in [-0.1, -0.05) is 15.9 Å². The van der Waals surface area contributed by atoms with Gasteiger partial charge in [0.15, 0.2) is 6.17 Å². The molecule has 2 aliphatic heterocycles. The second kappa shape index (κ2) is 3.20. The van der Waals surface area contributed by atoms with Crippen LogP contribution in [0.5, 0.6) is 0 Å². The average Bonchev–Trinajstić information content (AvgIpc) is 2.46. The lowest BCUT2D eigenvalue weighted by Crippen LogP contribution is -2.40. The highest BCUT2D eigenvalue weighted by Crippen LogP contribution is 2.27. The van der Waals surface area contributed by atoms with E-state index in [-0.39, 0.29) is 22.5 Å². The third-order valence-electron chi connectivity index (χ3n) is 2.14. The molecule has 2 unspecified atom stereocenters. The van der Waals surface area contributed by atoms with Crippen LogP contribution in [0.3, 0.4) is 0 Å². The van der Waals surface area contributed by atoms with Crippen LogP contribution in [0.1, 0.15) is 6.92 Å². The van der Waals surface area contributed by atoms with E-state index in [4.69, 9.17) is 5.11 Å². The Bertz CT molecular complexity index is 375. The van der Waals surface area contributed by atoms with Crippen LogP contribution in [0.15, 0.2) is 21.9 Å². The van der Waals surface area contributed by atoms with E-state index in [1.165, 1.54) is 11.2 Å². The number of fused-ring (bicyclic) bond motifs is 1. The first-order chi connectivity index (χ1) is 6.65. The molecule has 0 fully saturated rings. The summed E-state index contributed by atoms with van der Waals surface area (Å²) in [6.07, 6.45) is 1.80. The Balaban J connectivity index is 2.40. The van der Waals surface area contributed by atoms with Crippen molar-refractivity contribution in [2.75, 3.05) is 0 Å². The second-order valence-electron chi connectivity index (χ2n) is 3.07. The van der Waals surface area contributed by atoms with Gasteiger partial charge < -0.3 is 5.11 Å². The molecule has 0 aromatic carbocycles. The standard InChI is InChI=1S/C8H8BrN3O2/c1-4-6(9)7-10-2-5(3-13)8(14)12(7)11-4/h2-3,6-7,13H,1H3. The molecular formula is C8H8BrN3O2. The zero-order valence-electron chi connectivity index (χ0n) is 7.38. The molecule has 74 valence electrons. The molecule has 2 atom stereocenters. The Kier molecular flexibility index (Phi) is 2.14. The summed E-state index contributed by atoms with van der Waals surface area (Å²) in [5.74, 6) is -0.325. The molecule has 2 aliphatic rings. The van der Waals surface area contributed by atoms with Crippen molar-refractivity contribution in [2.24, 2.45) is 10.1 Å². The normalized spacial score (nSPS) is 33.6. The van der Waals surface area contributed by atoms with Crippen molar-refractivity contribution in [2.45, 2.75) is 17.9 Å². The van der Waals surface area contributed by atoms with E-state index >= 15 is 0 Å². The van der Waals surface area contributed by atoms with Crippen molar-refractivity contribution >= 4 is 33.8 Å². The van der Waals surface area contributed by atoms with Crippen LogP contribution in [0, 0.1) is 0 Å². The molecule has 2 heterocycles. The number of carbonyl (C=O) groups excluding carboxylic acids is 1. The topological polar surface area (TPSA) is 65.3 Å². The lowest BCUT2D eigenvalue weighted by Gasteiger charge is -2.23. The molecule has 1 N–H and O–H groups in total. The Morgan fingerprint density at radius 3 is 3.07 bits per heavy atom. The Labute approximate surface area is 88.9 Å². The Morgan fingerprint density at radius 1 is 1.71 bits per heavy atom. The van der Waals surface area contributed by atoms with Gasteiger partial charge in [0.1, 0.15) is 0 Å². The minimum atomic E-state index is -0.325. The predicted molar refractivity (Wildman–Crippen MR) is 55.7 cm³/mol. The van der Waals surface area contributed by atoms with Crippen molar-refractivity contribution in [3.8, 4) is 0 Å². The third-order valence-corrected chi connectivity index (χ3v) is 3.27. The van der Waals surface area contributed by atoms with Crippen LogP contribution < -0.4 is 0 Å². The maximum atomic E-state index is 11.6. The number of aliphatic hydroxyl groups is 1. The van der Waals surface area contributed by atoms with E-state index in [0.29, 0.717) is 0 Å². The molecule has 0 aliphatic carbocycles. The van der Waals surface area contributed by atoms with E-state index in [9.17, 15) is 4.79 Å². The van der Waals surface area contributed by atoms with Crippen LogP contribution in [-0.2, 0) is 4.79 Å². The summed E-state index contributed by atoms with van der Waals surface area (Å²) in [7, 11) is 0. The summed E-state index contributed by atoms with van der Waals surface area (Å²) in [6, 6.07) is 0. The monoisotopic (exact) mass is 257 g/mol. The first kappa shape index (κ1) is 9.39. The highest BCUT2D eigenvalue weighted by Gasteiger charge is 2.39. The minimum Gasteiger partial charge on any atom is -0.515 e. The zero-order chi connectivity index (χ0) is 10.3. The van der Waals surface area contributed by atoms with Gasteiger partial charge in [0.25, 0.3) is 5.91 Å². The number of nitrogens with zero attached hydrogens (tertiary/aromatic N) is 3. The van der Waals surface area contributed by atoms with Crippen LogP contribution in [0.4, 0.5) is 0 Å². The fourth-order valence-corrected chi connectivity index (χ4v) is 1.81. The predicted octanol–water partition coefficient (Wildman–Crippen LogP) is 0.820. The number of amides is 1. The van der Waals surface area contributed by atoms with Crippen LogP contribution in [0.25, 0.3) is 0 Å². The fraction of sp³-hybridized carbons (Fsp3) is 0.375.